The summed E-state index contributed by atoms with van der Waals surface area (Å²) in [6.45, 7) is 2.79. The summed E-state index contributed by atoms with van der Waals surface area (Å²) in [7, 11) is 0. The Kier molecular flexibility index (Phi) is 4.24. The molecule has 18 heavy (non-hydrogen) atoms. The van der Waals surface area contributed by atoms with E-state index in [1.54, 1.807) is 18.2 Å². The molecule has 0 aliphatic rings. The summed E-state index contributed by atoms with van der Waals surface area (Å²) in [6, 6.07) is 15.3. The van der Waals surface area contributed by atoms with Crippen LogP contribution in [0.2, 0.25) is 0 Å². The van der Waals surface area contributed by atoms with Gasteiger partial charge in [-0.2, -0.15) is 0 Å². The smallest absolute Gasteiger partial charge is 0.122 e. The standard InChI is InChI=1S/C16H18O2/c1-13-6-2-3-7-14(13)8-5-11-18-16-10-4-9-15(17)12-16/h2-4,6-7,9-10,12,17H,5,8,11H2,1H3. The molecule has 0 aliphatic carbocycles. The molecule has 0 atom stereocenters. The Morgan fingerprint density at radius 1 is 1.06 bits per heavy atom. The average molecular weight is 242 g/mol. The van der Waals surface area contributed by atoms with Crippen molar-refractivity contribution in [1.29, 1.82) is 0 Å². The Hall–Kier alpha value is -1.96. The van der Waals surface area contributed by atoms with Gasteiger partial charge in [-0.15, -0.1) is 0 Å². The van der Waals surface area contributed by atoms with Crippen LogP contribution in [-0.2, 0) is 6.42 Å². The lowest BCUT2D eigenvalue weighted by atomic mass is 10.0. The first-order valence-corrected chi connectivity index (χ1v) is 6.22. The summed E-state index contributed by atoms with van der Waals surface area (Å²) < 4.78 is 5.59. The Bertz CT molecular complexity index is 506. The molecule has 2 heteroatoms. The van der Waals surface area contributed by atoms with Crippen LogP contribution in [0.3, 0.4) is 0 Å². The van der Waals surface area contributed by atoms with Crippen LogP contribution in [0.1, 0.15) is 17.5 Å². The van der Waals surface area contributed by atoms with E-state index in [4.69, 9.17) is 4.74 Å². The van der Waals surface area contributed by atoms with E-state index in [2.05, 4.69) is 31.2 Å². The van der Waals surface area contributed by atoms with Crippen LogP contribution in [0.15, 0.2) is 48.5 Å². The molecule has 0 heterocycles. The van der Waals surface area contributed by atoms with Crippen LogP contribution in [0.25, 0.3) is 0 Å². The number of benzene rings is 2. The first-order chi connectivity index (χ1) is 8.75. The molecule has 0 bridgehead atoms. The summed E-state index contributed by atoms with van der Waals surface area (Å²) >= 11 is 0. The minimum atomic E-state index is 0.242. The maximum absolute atomic E-state index is 9.30. The fourth-order valence-corrected chi connectivity index (χ4v) is 1.92. The lowest BCUT2D eigenvalue weighted by molar-refractivity contribution is 0.309. The maximum atomic E-state index is 9.30. The average Bonchev–Trinajstić information content (AvgIpc) is 2.37. The number of aromatic hydroxyl groups is 1. The van der Waals surface area contributed by atoms with Gasteiger partial charge < -0.3 is 9.84 Å². The van der Waals surface area contributed by atoms with E-state index in [-0.39, 0.29) is 5.75 Å². The van der Waals surface area contributed by atoms with Gasteiger partial charge in [-0.25, -0.2) is 0 Å². The van der Waals surface area contributed by atoms with Crippen LogP contribution in [0.5, 0.6) is 11.5 Å². The predicted octanol–water partition coefficient (Wildman–Crippen LogP) is 3.71. The summed E-state index contributed by atoms with van der Waals surface area (Å²) in [5, 5.41) is 9.30. The molecule has 94 valence electrons. The third-order valence-electron chi connectivity index (χ3n) is 2.94. The molecule has 0 unspecified atom stereocenters. The molecule has 0 spiro atoms. The summed E-state index contributed by atoms with van der Waals surface area (Å²) in [5.74, 6) is 0.964. The van der Waals surface area contributed by atoms with Crippen molar-refractivity contribution in [3.63, 3.8) is 0 Å². The molecule has 2 nitrogen and oxygen atoms in total. The van der Waals surface area contributed by atoms with Gasteiger partial charge in [-0.3, -0.25) is 0 Å². The lowest BCUT2D eigenvalue weighted by Crippen LogP contribution is -2.00. The van der Waals surface area contributed by atoms with Crippen molar-refractivity contribution in [2.75, 3.05) is 6.61 Å². The van der Waals surface area contributed by atoms with Gasteiger partial charge in [0.15, 0.2) is 0 Å². The highest BCUT2D eigenvalue weighted by Crippen LogP contribution is 2.18. The topological polar surface area (TPSA) is 29.5 Å². The third kappa shape index (κ3) is 3.52. The molecule has 1 N–H and O–H groups in total. The van der Waals surface area contributed by atoms with Crippen LogP contribution < -0.4 is 4.74 Å². The molecule has 0 saturated heterocycles. The van der Waals surface area contributed by atoms with Crippen LogP contribution in [0.4, 0.5) is 0 Å². The zero-order chi connectivity index (χ0) is 12.8. The second-order valence-electron chi connectivity index (χ2n) is 4.38. The molecule has 0 saturated carbocycles. The fourth-order valence-electron chi connectivity index (χ4n) is 1.92. The second-order valence-corrected chi connectivity index (χ2v) is 4.38. The van der Waals surface area contributed by atoms with E-state index in [9.17, 15) is 5.11 Å². The molecule has 2 aromatic carbocycles. The van der Waals surface area contributed by atoms with Gasteiger partial charge in [0.2, 0.25) is 0 Å². The van der Waals surface area contributed by atoms with Gasteiger partial charge in [0, 0.05) is 6.07 Å². The molecular formula is C16H18O2. The van der Waals surface area contributed by atoms with Crippen molar-refractivity contribution >= 4 is 0 Å². The second kappa shape index (κ2) is 6.10. The molecule has 0 amide bonds. The first-order valence-electron chi connectivity index (χ1n) is 6.22. The van der Waals surface area contributed by atoms with Gasteiger partial charge in [-0.05, 0) is 43.0 Å². The number of phenols is 1. The van der Waals surface area contributed by atoms with Crippen molar-refractivity contribution in [1.82, 2.24) is 0 Å². The minimum Gasteiger partial charge on any atom is -0.508 e. The quantitative estimate of drug-likeness (QED) is 0.810. The van der Waals surface area contributed by atoms with E-state index >= 15 is 0 Å². The van der Waals surface area contributed by atoms with Crippen LogP contribution >= 0.6 is 0 Å². The van der Waals surface area contributed by atoms with Crippen LogP contribution in [-0.4, -0.2) is 11.7 Å². The van der Waals surface area contributed by atoms with Crippen molar-refractivity contribution in [2.24, 2.45) is 0 Å². The van der Waals surface area contributed by atoms with Crippen molar-refractivity contribution in [2.45, 2.75) is 19.8 Å². The van der Waals surface area contributed by atoms with E-state index < -0.39 is 0 Å². The minimum absolute atomic E-state index is 0.242. The number of rotatable bonds is 5. The monoisotopic (exact) mass is 242 g/mol. The van der Waals surface area contributed by atoms with Crippen molar-refractivity contribution < 1.29 is 9.84 Å². The largest absolute Gasteiger partial charge is 0.508 e. The molecular weight excluding hydrogens is 224 g/mol. The molecule has 0 radical (unpaired) electrons. The fraction of sp³-hybridized carbons (Fsp3) is 0.250. The van der Waals surface area contributed by atoms with E-state index in [0.29, 0.717) is 6.61 Å². The highest BCUT2D eigenvalue weighted by molar-refractivity contribution is 5.31. The summed E-state index contributed by atoms with van der Waals surface area (Å²) in [6.07, 6.45) is 1.99. The number of hydrogen-bond donors (Lipinski definition) is 1. The predicted molar refractivity (Wildman–Crippen MR) is 73.1 cm³/mol. The van der Waals surface area contributed by atoms with Crippen molar-refractivity contribution in [3.8, 4) is 11.5 Å². The Morgan fingerprint density at radius 3 is 2.67 bits per heavy atom. The number of phenolic OH excluding ortho intramolecular Hbond substituents is 1. The maximum Gasteiger partial charge on any atom is 0.122 e. The number of aryl methyl sites for hydroxylation is 2. The normalized spacial score (nSPS) is 10.3. The van der Waals surface area contributed by atoms with Gasteiger partial charge in [0.1, 0.15) is 11.5 Å². The Morgan fingerprint density at radius 2 is 1.89 bits per heavy atom. The Labute approximate surface area is 108 Å². The zero-order valence-corrected chi connectivity index (χ0v) is 10.6. The number of hydrogen-bond acceptors (Lipinski definition) is 2. The third-order valence-corrected chi connectivity index (χ3v) is 2.94. The van der Waals surface area contributed by atoms with E-state index in [1.165, 1.54) is 11.1 Å². The zero-order valence-electron chi connectivity index (χ0n) is 10.6. The van der Waals surface area contributed by atoms with Crippen molar-refractivity contribution in [3.05, 3.63) is 59.7 Å². The first kappa shape index (κ1) is 12.5. The van der Waals surface area contributed by atoms with Gasteiger partial charge >= 0.3 is 0 Å². The summed E-state index contributed by atoms with van der Waals surface area (Å²) in [5.41, 5.74) is 2.70. The lowest BCUT2D eigenvalue weighted by Gasteiger charge is -2.08. The number of ether oxygens (including phenoxy) is 1. The van der Waals surface area contributed by atoms with E-state index in [1.807, 2.05) is 6.07 Å². The molecule has 0 aliphatic heterocycles. The molecule has 0 aromatic heterocycles. The SMILES string of the molecule is Cc1ccccc1CCCOc1cccc(O)c1. The van der Waals surface area contributed by atoms with E-state index in [0.717, 1.165) is 18.6 Å². The molecule has 2 rings (SSSR count). The molecule has 2 aromatic rings. The highest BCUT2D eigenvalue weighted by atomic mass is 16.5. The van der Waals surface area contributed by atoms with Gasteiger partial charge in [0.25, 0.3) is 0 Å². The highest BCUT2D eigenvalue weighted by Gasteiger charge is 1.98. The van der Waals surface area contributed by atoms with Gasteiger partial charge in [-0.1, -0.05) is 30.3 Å². The summed E-state index contributed by atoms with van der Waals surface area (Å²) in [4.78, 5) is 0. The van der Waals surface area contributed by atoms with Gasteiger partial charge in [0.05, 0.1) is 6.61 Å². The Balaban J connectivity index is 1.78. The molecule has 0 fully saturated rings. The van der Waals surface area contributed by atoms with Crippen LogP contribution in [0, 0.1) is 6.92 Å².